The van der Waals surface area contributed by atoms with Crippen molar-refractivity contribution in [1.82, 2.24) is 0 Å². The Morgan fingerprint density at radius 3 is 2.67 bits per heavy atom. The normalized spacial score (nSPS) is 20.9. The summed E-state index contributed by atoms with van der Waals surface area (Å²) in [5, 5.41) is 9.51. The van der Waals surface area contributed by atoms with Crippen molar-refractivity contribution in [2.75, 3.05) is 7.11 Å². The molecule has 0 aromatic carbocycles. The number of methoxy groups -OCH3 is 1. The van der Waals surface area contributed by atoms with Gasteiger partial charge in [0.15, 0.2) is 11.5 Å². The molecule has 0 aromatic rings. The highest BCUT2D eigenvalue weighted by atomic mass is 16.5. The zero-order chi connectivity index (χ0) is 9.19. The molecule has 1 aliphatic rings. The van der Waals surface area contributed by atoms with Gasteiger partial charge < -0.3 is 9.84 Å². The van der Waals surface area contributed by atoms with E-state index >= 15 is 0 Å². The van der Waals surface area contributed by atoms with Crippen LogP contribution in [0.1, 0.15) is 13.8 Å². The maximum absolute atomic E-state index is 9.51. The zero-order valence-electron chi connectivity index (χ0n) is 7.66. The van der Waals surface area contributed by atoms with Crippen molar-refractivity contribution in [1.29, 1.82) is 0 Å². The van der Waals surface area contributed by atoms with E-state index in [0.717, 1.165) is 0 Å². The summed E-state index contributed by atoms with van der Waals surface area (Å²) in [6.07, 6.45) is 7.42. The van der Waals surface area contributed by atoms with Crippen LogP contribution < -0.4 is 0 Å². The summed E-state index contributed by atoms with van der Waals surface area (Å²) in [5.74, 6) is 0.712. The lowest BCUT2D eigenvalue weighted by molar-refractivity contribution is 0.254. The molecule has 12 heavy (non-hydrogen) atoms. The summed E-state index contributed by atoms with van der Waals surface area (Å²) in [4.78, 5) is 0. The SMILES string of the molecule is COC1=CC=CC(C)(C)C=C1O. The van der Waals surface area contributed by atoms with Crippen molar-refractivity contribution in [3.8, 4) is 0 Å². The summed E-state index contributed by atoms with van der Waals surface area (Å²) in [5.41, 5.74) is -0.110. The Balaban J connectivity index is 3.00. The first-order valence-electron chi connectivity index (χ1n) is 3.91. The van der Waals surface area contributed by atoms with E-state index in [-0.39, 0.29) is 11.2 Å². The lowest BCUT2D eigenvalue weighted by atomic mass is 9.93. The Morgan fingerprint density at radius 1 is 1.42 bits per heavy atom. The second kappa shape index (κ2) is 3.05. The molecular formula is C10H14O2. The number of allylic oxidation sites excluding steroid dienone is 4. The van der Waals surface area contributed by atoms with Gasteiger partial charge in [0.25, 0.3) is 0 Å². The van der Waals surface area contributed by atoms with E-state index < -0.39 is 0 Å². The van der Waals surface area contributed by atoms with Crippen LogP contribution in [0.2, 0.25) is 0 Å². The van der Waals surface area contributed by atoms with Crippen LogP contribution in [0.5, 0.6) is 0 Å². The third-order valence-corrected chi connectivity index (χ3v) is 1.75. The Hall–Kier alpha value is -1.18. The van der Waals surface area contributed by atoms with Crippen molar-refractivity contribution >= 4 is 0 Å². The van der Waals surface area contributed by atoms with Gasteiger partial charge in [-0.05, 0) is 12.2 Å². The van der Waals surface area contributed by atoms with Gasteiger partial charge in [0, 0.05) is 5.41 Å². The van der Waals surface area contributed by atoms with Gasteiger partial charge in [0.2, 0.25) is 0 Å². The molecule has 0 aromatic heterocycles. The minimum atomic E-state index is -0.110. The van der Waals surface area contributed by atoms with Gasteiger partial charge in [-0.1, -0.05) is 26.0 Å². The van der Waals surface area contributed by atoms with E-state index in [0.29, 0.717) is 5.76 Å². The molecule has 0 saturated carbocycles. The van der Waals surface area contributed by atoms with Crippen LogP contribution in [0, 0.1) is 5.41 Å². The summed E-state index contributed by atoms with van der Waals surface area (Å²) in [7, 11) is 1.54. The quantitative estimate of drug-likeness (QED) is 0.648. The number of aliphatic hydroxyl groups excluding tert-OH is 1. The average Bonchev–Trinajstić information content (AvgIpc) is 2.07. The molecule has 0 bridgehead atoms. The minimum absolute atomic E-state index is 0.110. The van der Waals surface area contributed by atoms with Crippen LogP contribution >= 0.6 is 0 Å². The Bertz CT molecular complexity index is 257. The molecule has 1 N–H and O–H groups in total. The van der Waals surface area contributed by atoms with Crippen LogP contribution in [0.3, 0.4) is 0 Å². The van der Waals surface area contributed by atoms with E-state index in [1.807, 2.05) is 26.0 Å². The highest BCUT2D eigenvalue weighted by Crippen LogP contribution is 2.25. The molecule has 0 radical (unpaired) electrons. The van der Waals surface area contributed by atoms with Crippen molar-refractivity contribution in [3.05, 3.63) is 35.8 Å². The largest absolute Gasteiger partial charge is 0.504 e. The molecule has 0 atom stereocenters. The van der Waals surface area contributed by atoms with Crippen molar-refractivity contribution < 1.29 is 9.84 Å². The summed E-state index contributed by atoms with van der Waals surface area (Å²) in [6.45, 7) is 4.04. The standard InChI is InChI=1S/C10H14O2/c1-10(2)6-4-5-9(12-3)8(11)7-10/h4-7,11H,1-3H3. The number of hydrogen-bond donors (Lipinski definition) is 1. The molecule has 1 rings (SSSR count). The molecule has 0 unspecified atom stereocenters. The molecule has 0 aliphatic heterocycles. The van der Waals surface area contributed by atoms with Crippen LogP contribution in [0.4, 0.5) is 0 Å². The first kappa shape index (κ1) is 8.91. The summed E-state index contributed by atoms with van der Waals surface area (Å²) < 4.78 is 4.97. The van der Waals surface area contributed by atoms with E-state index in [4.69, 9.17) is 4.74 Å². The van der Waals surface area contributed by atoms with Gasteiger partial charge in [-0.15, -0.1) is 0 Å². The Kier molecular flexibility index (Phi) is 2.27. The van der Waals surface area contributed by atoms with Gasteiger partial charge in [0.05, 0.1) is 7.11 Å². The van der Waals surface area contributed by atoms with E-state index in [1.165, 1.54) is 0 Å². The molecule has 0 fully saturated rings. The highest BCUT2D eigenvalue weighted by molar-refractivity contribution is 5.31. The van der Waals surface area contributed by atoms with Gasteiger partial charge in [-0.2, -0.15) is 0 Å². The molecule has 0 saturated heterocycles. The first-order valence-corrected chi connectivity index (χ1v) is 3.91. The molecule has 0 heterocycles. The predicted octanol–water partition coefficient (Wildman–Crippen LogP) is 2.55. The number of rotatable bonds is 1. The lowest BCUT2D eigenvalue weighted by Gasteiger charge is -2.13. The third-order valence-electron chi connectivity index (χ3n) is 1.75. The molecule has 66 valence electrons. The third kappa shape index (κ3) is 1.91. The van der Waals surface area contributed by atoms with E-state index in [1.54, 1.807) is 19.3 Å². The van der Waals surface area contributed by atoms with Gasteiger partial charge in [-0.25, -0.2) is 0 Å². The fourth-order valence-corrected chi connectivity index (χ4v) is 1.11. The highest BCUT2D eigenvalue weighted by Gasteiger charge is 2.15. The molecule has 1 aliphatic carbocycles. The van der Waals surface area contributed by atoms with Crippen LogP contribution in [0.25, 0.3) is 0 Å². The topological polar surface area (TPSA) is 29.5 Å². The van der Waals surface area contributed by atoms with Crippen LogP contribution in [-0.2, 0) is 4.74 Å². The van der Waals surface area contributed by atoms with Crippen molar-refractivity contribution in [2.45, 2.75) is 13.8 Å². The van der Waals surface area contributed by atoms with Crippen molar-refractivity contribution in [2.24, 2.45) is 5.41 Å². The maximum atomic E-state index is 9.51. The first-order chi connectivity index (χ1) is 5.55. The van der Waals surface area contributed by atoms with Crippen LogP contribution in [0.15, 0.2) is 35.8 Å². The minimum Gasteiger partial charge on any atom is -0.504 e. The Morgan fingerprint density at radius 2 is 2.08 bits per heavy atom. The summed E-state index contributed by atoms with van der Waals surface area (Å²) >= 11 is 0. The van der Waals surface area contributed by atoms with Crippen molar-refractivity contribution in [3.63, 3.8) is 0 Å². The summed E-state index contributed by atoms with van der Waals surface area (Å²) in [6, 6.07) is 0. The maximum Gasteiger partial charge on any atom is 0.160 e. The van der Waals surface area contributed by atoms with E-state index in [9.17, 15) is 5.11 Å². The van der Waals surface area contributed by atoms with Gasteiger partial charge in [-0.3, -0.25) is 0 Å². The molecule has 0 spiro atoms. The zero-order valence-corrected chi connectivity index (χ0v) is 7.66. The molecule has 2 nitrogen and oxygen atoms in total. The lowest BCUT2D eigenvalue weighted by Crippen LogP contribution is -2.03. The van der Waals surface area contributed by atoms with Crippen LogP contribution in [-0.4, -0.2) is 12.2 Å². The number of hydrogen-bond acceptors (Lipinski definition) is 2. The predicted molar refractivity (Wildman–Crippen MR) is 48.7 cm³/mol. The van der Waals surface area contributed by atoms with Gasteiger partial charge in [0.1, 0.15) is 0 Å². The second-order valence-electron chi connectivity index (χ2n) is 3.45. The smallest absolute Gasteiger partial charge is 0.160 e. The molecule has 0 amide bonds. The monoisotopic (exact) mass is 166 g/mol. The number of ether oxygens (including phenoxy) is 1. The second-order valence-corrected chi connectivity index (χ2v) is 3.45. The fraction of sp³-hybridized carbons (Fsp3) is 0.400. The molecular weight excluding hydrogens is 152 g/mol. The Labute approximate surface area is 72.9 Å². The molecule has 2 heteroatoms. The fourth-order valence-electron chi connectivity index (χ4n) is 1.11. The van der Waals surface area contributed by atoms with E-state index in [2.05, 4.69) is 0 Å². The van der Waals surface area contributed by atoms with Gasteiger partial charge >= 0.3 is 0 Å². The average molecular weight is 166 g/mol. The number of aliphatic hydroxyl groups is 1.